The van der Waals surface area contributed by atoms with Crippen molar-refractivity contribution in [1.29, 1.82) is 0 Å². The fourth-order valence-electron chi connectivity index (χ4n) is 2.08. The Hall–Kier alpha value is -3.48. The topological polar surface area (TPSA) is 98.3 Å². The van der Waals surface area contributed by atoms with Crippen LogP contribution in [-0.2, 0) is 0 Å². The van der Waals surface area contributed by atoms with E-state index in [1.807, 2.05) is 13.0 Å². The molecule has 1 N–H and O–H groups in total. The molecule has 0 atom stereocenters. The quantitative estimate of drug-likeness (QED) is 0.581. The summed E-state index contributed by atoms with van der Waals surface area (Å²) in [6.45, 7) is 1.90. The summed E-state index contributed by atoms with van der Waals surface area (Å²) < 4.78 is 5.52. The smallest absolute Gasteiger partial charge is 0.292 e. The van der Waals surface area contributed by atoms with Crippen molar-refractivity contribution in [3.05, 3.63) is 76.2 Å². The van der Waals surface area contributed by atoms with Crippen molar-refractivity contribution in [3.8, 4) is 11.3 Å². The van der Waals surface area contributed by atoms with Crippen LogP contribution in [0.1, 0.15) is 16.1 Å². The second-order valence-electron chi connectivity index (χ2n) is 5.14. The lowest BCUT2D eigenvalue weighted by Gasteiger charge is -2.02. The maximum atomic E-state index is 12.2. The van der Waals surface area contributed by atoms with E-state index in [1.165, 1.54) is 12.1 Å². The largest absolute Gasteiger partial charge is 0.451 e. The minimum absolute atomic E-state index is 0.00582. The van der Waals surface area contributed by atoms with Crippen LogP contribution in [0.4, 0.5) is 11.5 Å². The van der Waals surface area contributed by atoms with Gasteiger partial charge >= 0.3 is 0 Å². The number of nitrogens with one attached hydrogen (secondary N) is 1. The number of non-ortho nitro benzene ring substituents is 1. The molecule has 0 bridgehead atoms. The number of nitro groups is 1. The summed E-state index contributed by atoms with van der Waals surface area (Å²) in [6, 6.07) is 12.6. The molecule has 0 aliphatic carbocycles. The minimum atomic E-state index is -0.473. The van der Waals surface area contributed by atoms with Gasteiger partial charge in [0.25, 0.3) is 11.6 Å². The number of benzene rings is 1. The molecule has 3 aromatic rings. The third-order valence-corrected chi connectivity index (χ3v) is 3.35. The Kier molecular flexibility index (Phi) is 4.07. The highest BCUT2D eigenvalue weighted by Crippen LogP contribution is 2.24. The van der Waals surface area contributed by atoms with Crippen molar-refractivity contribution < 1.29 is 14.1 Å². The molecule has 7 heteroatoms. The predicted octanol–water partition coefficient (Wildman–Crippen LogP) is 3.81. The normalized spacial score (nSPS) is 10.4. The number of anilines is 1. The van der Waals surface area contributed by atoms with E-state index in [-0.39, 0.29) is 11.4 Å². The highest BCUT2D eigenvalue weighted by atomic mass is 16.6. The Morgan fingerprint density at radius 2 is 1.88 bits per heavy atom. The summed E-state index contributed by atoms with van der Waals surface area (Å²) in [5, 5.41) is 13.3. The Morgan fingerprint density at radius 3 is 2.50 bits per heavy atom. The average Bonchev–Trinajstić information content (AvgIpc) is 3.07. The maximum absolute atomic E-state index is 12.2. The number of carbonyl (C=O) groups is 1. The zero-order chi connectivity index (χ0) is 17.1. The van der Waals surface area contributed by atoms with Gasteiger partial charge in [-0.25, -0.2) is 4.98 Å². The van der Waals surface area contributed by atoms with Crippen LogP contribution >= 0.6 is 0 Å². The molecule has 120 valence electrons. The van der Waals surface area contributed by atoms with Crippen LogP contribution in [0.3, 0.4) is 0 Å². The summed E-state index contributed by atoms with van der Waals surface area (Å²) in [5.41, 5.74) is 1.63. The lowest BCUT2D eigenvalue weighted by molar-refractivity contribution is -0.384. The van der Waals surface area contributed by atoms with Gasteiger partial charge in [-0.1, -0.05) is 6.07 Å². The fourth-order valence-corrected chi connectivity index (χ4v) is 2.08. The number of furan rings is 1. The van der Waals surface area contributed by atoms with Crippen LogP contribution in [0.2, 0.25) is 0 Å². The van der Waals surface area contributed by atoms with Gasteiger partial charge in [-0.15, -0.1) is 0 Å². The first-order chi connectivity index (χ1) is 11.5. The molecule has 2 aromatic heterocycles. The van der Waals surface area contributed by atoms with Crippen molar-refractivity contribution in [2.75, 3.05) is 5.32 Å². The fraction of sp³-hybridized carbons (Fsp3) is 0.0588. The molecule has 1 aromatic carbocycles. The van der Waals surface area contributed by atoms with Gasteiger partial charge in [0.15, 0.2) is 5.76 Å². The standard InChI is InChI=1S/C17H13N3O4/c1-11-2-9-16(18-10-11)19-17(21)15-8-7-14(24-15)12-3-5-13(6-4-12)20(22)23/h2-10H,1H3,(H,18,19,21). The third kappa shape index (κ3) is 3.30. The predicted molar refractivity (Wildman–Crippen MR) is 87.7 cm³/mol. The molecule has 3 rings (SSSR count). The van der Waals surface area contributed by atoms with E-state index in [0.29, 0.717) is 17.1 Å². The van der Waals surface area contributed by atoms with E-state index < -0.39 is 10.8 Å². The molecule has 0 spiro atoms. The first-order valence-electron chi connectivity index (χ1n) is 7.11. The van der Waals surface area contributed by atoms with E-state index in [2.05, 4.69) is 10.3 Å². The van der Waals surface area contributed by atoms with Gasteiger partial charge in [0.2, 0.25) is 0 Å². The number of aromatic nitrogens is 1. The van der Waals surface area contributed by atoms with Crippen molar-refractivity contribution in [1.82, 2.24) is 4.98 Å². The average molecular weight is 323 g/mol. The number of aryl methyl sites for hydroxylation is 1. The van der Waals surface area contributed by atoms with Gasteiger partial charge in [0.05, 0.1) is 4.92 Å². The summed E-state index contributed by atoms with van der Waals surface area (Å²) in [7, 11) is 0. The van der Waals surface area contributed by atoms with Crippen LogP contribution in [0, 0.1) is 17.0 Å². The van der Waals surface area contributed by atoms with Crippen LogP contribution in [0.5, 0.6) is 0 Å². The second kappa shape index (κ2) is 6.33. The van der Waals surface area contributed by atoms with Crippen LogP contribution in [-0.4, -0.2) is 15.8 Å². The van der Waals surface area contributed by atoms with Gasteiger partial charge in [-0.05, 0) is 42.8 Å². The molecule has 0 unspecified atom stereocenters. The molecule has 24 heavy (non-hydrogen) atoms. The van der Waals surface area contributed by atoms with Crippen molar-refractivity contribution >= 4 is 17.4 Å². The molecule has 2 heterocycles. The SMILES string of the molecule is Cc1ccc(NC(=O)c2ccc(-c3ccc([N+](=O)[O-])cc3)o2)nc1. The van der Waals surface area contributed by atoms with Gasteiger partial charge < -0.3 is 9.73 Å². The monoisotopic (exact) mass is 323 g/mol. The number of hydrogen-bond acceptors (Lipinski definition) is 5. The Bertz CT molecular complexity index is 883. The molecule has 0 aliphatic rings. The Morgan fingerprint density at radius 1 is 1.12 bits per heavy atom. The molecule has 0 fully saturated rings. The van der Waals surface area contributed by atoms with Gasteiger partial charge in [-0.3, -0.25) is 14.9 Å². The zero-order valence-electron chi connectivity index (χ0n) is 12.7. The molecule has 7 nitrogen and oxygen atoms in total. The summed E-state index contributed by atoms with van der Waals surface area (Å²) in [4.78, 5) is 26.4. The summed E-state index contributed by atoms with van der Waals surface area (Å²) >= 11 is 0. The Balaban J connectivity index is 1.75. The molecule has 0 radical (unpaired) electrons. The highest BCUT2D eigenvalue weighted by molar-refractivity contribution is 6.02. The first kappa shape index (κ1) is 15.4. The molecular formula is C17H13N3O4. The van der Waals surface area contributed by atoms with Crippen LogP contribution in [0.25, 0.3) is 11.3 Å². The zero-order valence-corrected chi connectivity index (χ0v) is 12.7. The molecule has 0 aliphatic heterocycles. The van der Waals surface area contributed by atoms with Gasteiger partial charge in [0.1, 0.15) is 11.6 Å². The van der Waals surface area contributed by atoms with Crippen molar-refractivity contribution in [2.45, 2.75) is 6.92 Å². The lowest BCUT2D eigenvalue weighted by Crippen LogP contribution is -2.11. The summed E-state index contributed by atoms with van der Waals surface area (Å²) in [6.07, 6.45) is 1.65. The van der Waals surface area contributed by atoms with Gasteiger partial charge in [0, 0.05) is 23.9 Å². The summed E-state index contributed by atoms with van der Waals surface area (Å²) in [5.74, 6) is 0.594. The molecule has 0 saturated carbocycles. The maximum Gasteiger partial charge on any atom is 0.292 e. The minimum Gasteiger partial charge on any atom is -0.451 e. The van der Waals surface area contributed by atoms with Crippen molar-refractivity contribution in [3.63, 3.8) is 0 Å². The van der Waals surface area contributed by atoms with Crippen LogP contribution in [0.15, 0.2) is 59.1 Å². The number of nitrogens with zero attached hydrogens (tertiary/aromatic N) is 2. The number of rotatable bonds is 4. The number of nitro benzene ring substituents is 1. The van der Waals surface area contributed by atoms with E-state index in [1.54, 1.807) is 36.5 Å². The molecule has 1 amide bonds. The lowest BCUT2D eigenvalue weighted by atomic mass is 10.1. The highest BCUT2D eigenvalue weighted by Gasteiger charge is 2.14. The number of hydrogen-bond donors (Lipinski definition) is 1. The first-order valence-corrected chi connectivity index (χ1v) is 7.11. The number of pyridine rings is 1. The third-order valence-electron chi connectivity index (χ3n) is 3.35. The van der Waals surface area contributed by atoms with E-state index >= 15 is 0 Å². The Labute approximate surface area is 137 Å². The van der Waals surface area contributed by atoms with E-state index in [9.17, 15) is 14.9 Å². The second-order valence-corrected chi connectivity index (χ2v) is 5.14. The molecular weight excluding hydrogens is 310 g/mol. The van der Waals surface area contributed by atoms with E-state index in [0.717, 1.165) is 5.56 Å². The number of carbonyl (C=O) groups excluding carboxylic acids is 1. The van der Waals surface area contributed by atoms with E-state index in [4.69, 9.17) is 4.42 Å². The number of amides is 1. The molecule has 0 saturated heterocycles. The van der Waals surface area contributed by atoms with Gasteiger partial charge in [-0.2, -0.15) is 0 Å². The van der Waals surface area contributed by atoms with Crippen LogP contribution < -0.4 is 5.32 Å². The van der Waals surface area contributed by atoms with Crippen molar-refractivity contribution in [2.24, 2.45) is 0 Å².